The number of likely N-dealkylation sites (tertiary alicyclic amines) is 1. The van der Waals surface area contributed by atoms with E-state index in [1.165, 1.54) is 16.8 Å². The molecule has 1 spiro atoms. The molecular weight excluding hydrogens is 322 g/mol. The molecule has 0 bridgehead atoms. The Bertz CT molecular complexity index is 761. The molecule has 136 valence electrons. The highest BCUT2D eigenvalue weighted by Gasteiger charge is 2.36. The van der Waals surface area contributed by atoms with Crippen LogP contribution in [-0.2, 0) is 17.9 Å². The molecule has 0 aliphatic carbocycles. The lowest BCUT2D eigenvalue weighted by Gasteiger charge is -2.37. The van der Waals surface area contributed by atoms with Gasteiger partial charge in [0, 0.05) is 37.3 Å². The smallest absolute Gasteiger partial charge is 0.222 e. The van der Waals surface area contributed by atoms with Gasteiger partial charge in [-0.25, -0.2) is 0 Å². The first-order valence-electron chi connectivity index (χ1n) is 9.62. The van der Waals surface area contributed by atoms with E-state index < -0.39 is 0 Å². The first kappa shape index (κ1) is 17.1. The Labute approximate surface area is 155 Å². The van der Waals surface area contributed by atoms with Crippen molar-refractivity contribution in [3.63, 3.8) is 0 Å². The Morgan fingerprint density at radius 3 is 2.65 bits per heavy atom. The van der Waals surface area contributed by atoms with Gasteiger partial charge in [-0.1, -0.05) is 48.5 Å². The number of hydrogen-bond acceptors (Lipinski definition) is 3. The number of para-hydroxylation sites is 1. The largest absolute Gasteiger partial charge is 0.379 e. The number of hydrogen-bond donors (Lipinski definition) is 2. The van der Waals surface area contributed by atoms with E-state index in [9.17, 15) is 4.79 Å². The molecule has 1 saturated heterocycles. The van der Waals surface area contributed by atoms with Crippen molar-refractivity contribution < 1.29 is 4.79 Å². The average molecular weight is 349 g/mol. The Balaban J connectivity index is 1.51. The number of carbonyl (C=O) groups is 1. The number of amides is 1. The number of fused-ring (bicyclic) bond motifs is 1. The van der Waals surface area contributed by atoms with Crippen LogP contribution in [0.15, 0.2) is 54.6 Å². The fraction of sp³-hybridized carbons (Fsp3) is 0.409. The molecule has 2 aromatic carbocycles. The second-order valence-corrected chi connectivity index (χ2v) is 7.63. The molecule has 0 saturated carbocycles. The minimum atomic E-state index is -0.147. The summed E-state index contributed by atoms with van der Waals surface area (Å²) in [6.07, 6.45) is 3.68. The van der Waals surface area contributed by atoms with Crippen LogP contribution in [0.3, 0.4) is 0 Å². The molecule has 26 heavy (non-hydrogen) atoms. The van der Waals surface area contributed by atoms with Crippen molar-refractivity contribution in [1.29, 1.82) is 0 Å². The summed E-state index contributed by atoms with van der Waals surface area (Å²) in [6.45, 7) is 3.69. The van der Waals surface area contributed by atoms with E-state index in [2.05, 4.69) is 64.1 Å². The van der Waals surface area contributed by atoms with Crippen LogP contribution in [0.5, 0.6) is 0 Å². The molecule has 2 aliphatic heterocycles. The summed E-state index contributed by atoms with van der Waals surface area (Å²) < 4.78 is 0. The topological polar surface area (TPSA) is 44.4 Å². The Morgan fingerprint density at radius 2 is 1.77 bits per heavy atom. The minimum absolute atomic E-state index is 0.147. The zero-order valence-electron chi connectivity index (χ0n) is 15.2. The zero-order chi connectivity index (χ0) is 17.8. The fourth-order valence-corrected chi connectivity index (χ4v) is 4.24. The Morgan fingerprint density at radius 1 is 0.962 bits per heavy atom. The van der Waals surface area contributed by atoms with Crippen molar-refractivity contribution in [3.05, 3.63) is 65.7 Å². The van der Waals surface area contributed by atoms with E-state index >= 15 is 0 Å². The highest BCUT2D eigenvalue weighted by atomic mass is 16.1. The highest BCUT2D eigenvalue weighted by molar-refractivity contribution is 5.79. The van der Waals surface area contributed by atoms with E-state index in [4.69, 9.17) is 0 Å². The second kappa shape index (κ2) is 7.50. The van der Waals surface area contributed by atoms with Crippen LogP contribution in [0.2, 0.25) is 0 Å². The lowest BCUT2D eigenvalue weighted by atomic mass is 9.85. The van der Waals surface area contributed by atoms with Gasteiger partial charge < -0.3 is 10.6 Å². The van der Waals surface area contributed by atoms with Crippen molar-refractivity contribution in [2.24, 2.45) is 0 Å². The highest BCUT2D eigenvalue weighted by Crippen LogP contribution is 2.33. The third-order valence-corrected chi connectivity index (χ3v) is 5.68. The predicted molar refractivity (Wildman–Crippen MR) is 105 cm³/mol. The molecule has 0 aromatic heterocycles. The fourth-order valence-electron chi connectivity index (χ4n) is 4.24. The number of benzene rings is 2. The van der Waals surface area contributed by atoms with Gasteiger partial charge in [0.15, 0.2) is 0 Å². The number of nitrogens with one attached hydrogen (secondary N) is 2. The SMILES string of the molecule is O=C1C[C@]2(CCCN(Cc3ccccc3)CC2)Nc2ccccc2CN1. The molecule has 0 radical (unpaired) electrons. The molecule has 2 aromatic rings. The zero-order valence-corrected chi connectivity index (χ0v) is 15.2. The van der Waals surface area contributed by atoms with Gasteiger partial charge in [0.2, 0.25) is 5.91 Å². The second-order valence-electron chi connectivity index (χ2n) is 7.63. The van der Waals surface area contributed by atoms with Gasteiger partial charge in [0.05, 0.1) is 0 Å². The van der Waals surface area contributed by atoms with Crippen LogP contribution in [0.1, 0.15) is 36.8 Å². The van der Waals surface area contributed by atoms with Gasteiger partial charge in [-0.15, -0.1) is 0 Å². The van der Waals surface area contributed by atoms with Crippen molar-refractivity contribution in [1.82, 2.24) is 10.2 Å². The molecule has 1 atom stereocenters. The van der Waals surface area contributed by atoms with Gasteiger partial charge >= 0.3 is 0 Å². The number of nitrogens with zero attached hydrogens (tertiary/aromatic N) is 1. The summed E-state index contributed by atoms with van der Waals surface area (Å²) in [6, 6.07) is 19.0. The summed E-state index contributed by atoms with van der Waals surface area (Å²) in [7, 11) is 0. The van der Waals surface area contributed by atoms with Crippen molar-refractivity contribution in [3.8, 4) is 0 Å². The van der Waals surface area contributed by atoms with Crippen LogP contribution < -0.4 is 10.6 Å². The van der Waals surface area contributed by atoms with E-state index in [1.807, 2.05) is 6.07 Å². The molecule has 2 heterocycles. The monoisotopic (exact) mass is 349 g/mol. The first-order valence-corrected chi connectivity index (χ1v) is 9.62. The van der Waals surface area contributed by atoms with Crippen LogP contribution >= 0.6 is 0 Å². The van der Waals surface area contributed by atoms with E-state index in [1.54, 1.807) is 0 Å². The van der Waals surface area contributed by atoms with Gasteiger partial charge in [-0.3, -0.25) is 9.69 Å². The van der Waals surface area contributed by atoms with Gasteiger partial charge in [0.1, 0.15) is 0 Å². The molecule has 1 fully saturated rings. The quantitative estimate of drug-likeness (QED) is 0.872. The van der Waals surface area contributed by atoms with Crippen LogP contribution in [0.25, 0.3) is 0 Å². The maximum Gasteiger partial charge on any atom is 0.222 e. The average Bonchev–Trinajstić information content (AvgIpc) is 2.83. The Hall–Kier alpha value is -2.33. The molecule has 1 amide bonds. The number of rotatable bonds is 2. The predicted octanol–water partition coefficient (Wildman–Crippen LogP) is 3.54. The molecule has 4 heteroatoms. The molecule has 4 rings (SSSR count). The summed E-state index contributed by atoms with van der Waals surface area (Å²) >= 11 is 0. The molecule has 2 aliphatic rings. The molecular formula is C22H27N3O. The van der Waals surface area contributed by atoms with Crippen LogP contribution in [0.4, 0.5) is 5.69 Å². The van der Waals surface area contributed by atoms with Gasteiger partial charge in [0.25, 0.3) is 0 Å². The number of carbonyl (C=O) groups excluding carboxylic acids is 1. The van der Waals surface area contributed by atoms with Crippen molar-refractivity contribution >= 4 is 11.6 Å². The summed E-state index contributed by atoms with van der Waals surface area (Å²) in [5.41, 5.74) is 3.55. The standard InChI is InChI=1S/C22H27N3O/c26-21-15-22(24-20-10-5-4-9-19(20)16-23-21)11-6-13-25(14-12-22)17-18-7-2-1-3-8-18/h1-5,7-10,24H,6,11-17H2,(H,23,26)/t22-/m1/s1. The molecule has 0 unspecified atom stereocenters. The van der Waals surface area contributed by atoms with Crippen molar-refractivity contribution in [2.75, 3.05) is 18.4 Å². The van der Waals surface area contributed by atoms with Gasteiger partial charge in [-0.05, 0) is 43.0 Å². The number of anilines is 1. The van der Waals surface area contributed by atoms with Crippen molar-refractivity contribution in [2.45, 2.75) is 44.3 Å². The Kier molecular flexibility index (Phi) is 4.93. The normalized spacial score (nSPS) is 23.9. The van der Waals surface area contributed by atoms with E-state index in [-0.39, 0.29) is 11.4 Å². The maximum absolute atomic E-state index is 12.4. The van der Waals surface area contributed by atoms with Crippen LogP contribution in [0, 0.1) is 0 Å². The lowest BCUT2D eigenvalue weighted by molar-refractivity contribution is -0.122. The lowest BCUT2D eigenvalue weighted by Crippen LogP contribution is -2.46. The third-order valence-electron chi connectivity index (χ3n) is 5.68. The minimum Gasteiger partial charge on any atom is -0.379 e. The van der Waals surface area contributed by atoms with Gasteiger partial charge in [-0.2, -0.15) is 0 Å². The summed E-state index contributed by atoms with van der Waals surface area (Å²) in [5, 5.41) is 6.87. The van der Waals surface area contributed by atoms with E-state index in [0.29, 0.717) is 13.0 Å². The molecule has 2 N–H and O–H groups in total. The molecule has 4 nitrogen and oxygen atoms in total. The first-order chi connectivity index (χ1) is 12.7. The van der Waals surface area contributed by atoms with E-state index in [0.717, 1.165) is 38.9 Å². The van der Waals surface area contributed by atoms with Crippen LogP contribution in [-0.4, -0.2) is 29.4 Å². The summed E-state index contributed by atoms with van der Waals surface area (Å²) in [4.78, 5) is 15.0. The summed E-state index contributed by atoms with van der Waals surface area (Å²) in [5.74, 6) is 0.156. The third kappa shape index (κ3) is 3.91. The maximum atomic E-state index is 12.4.